The number of halogens is 1. The van der Waals surface area contributed by atoms with Crippen LogP contribution in [0.2, 0.25) is 0 Å². The predicted molar refractivity (Wildman–Crippen MR) is 108 cm³/mol. The molecular formula is C19H35ClN2O7. The number of β-amino-alcohol motifs (C(OH)–C–C–N with tert-alkyl or cyclic N) is 1. The van der Waals surface area contributed by atoms with Crippen LogP contribution in [0.5, 0.6) is 0 Å². The van der Waals surface area contributed by atoms with E-state index in [9.17, 15) is 14.7 Å². The number of hydrogen-bond acceptors (Lipinski definition) is 7. The fourth-order valence-corrected chi connectivity index (χ4v) is 3.32. The highest BCUT2D eigenvalue weighted by atomic mass is 35.5. The average Bonchev–Trinajstić information content (AvgIpc) is 3.07. The molecular weight excluding hydrogens is 404 g/mol. The smallest absolute Gasteiger partial charge is 0.223 e. The number of aliphatic hydroxyl groups excluding tert-OH is 1. The maximum Gasteiger partial charge on any atom is 0.223 e. The van der Waals surface area contributed by atoms with Gasteiger partial charge in [0.2, 0.25) is 11.8 Å². The van der Waals surface area contributed by atoms with Crippen LogP contribution in [0.1, 0.15) is 44.9 Å². The summed E-state index contributed by atoms with van der Waals surface area (Å²) >= 11 is 5.61. The first kappa shape index (κ1) is 26.1. The molecule has 170 valence electrons. The standard InChI is InChI=1S/C19H35ClN2O7/c20-7-3-1-2-4-9-27-11-12-28-10-8-21-18(24)5-6-19(25)22-14-17(23)13-16(22)15-29-26/h16-17,23,26H,1-15H2,(H,21,24)/t16-,17?/m0/s1. The number of ether oxygens (including phenoxy) is 2. The highest BCUT2D eigenvalue weighted by Crippen LogP contribution is 2.19. The third-order valence-electron chi connectivity index (χ3n) is 4.66. The molecule has 0 aromatic rings. The number of rotatable bonds is 17. The second kappa shape index (κ2) is 16.8. The first-order valence-electron chi connectivity index (χ1n) is 10.3. The first-order chi connectivity index (χ1) is 14.1. The van der Waals surface area contributed by atoms with E-state index >= 15 is 0 Å². The van der Waals surface area contributed by atoms with Gasteiger partial charge >= 0.3 is 0 Å². The molecule has 0 saturated carbocycles. The Morgan fingerprint density at radius 1 is 1.03 bits per heavy atom. The van der Waals surface area contributed by atoms with Gasteiger partial charge in [-0.2, -0.15) is 0 Å². The summed E-state index contributed by atoms with van der Waals surface area (Å²) in [5, 5.41) is 20.9. The molecule has 0 aliphatic carbocycles. The lowest BCUT2D eigenvalue weighted by Gasteiger charge is -2.23. The van der Waals surface area contributed by atoms with E-state index < -0.39 is 6.10 Å². The average molecular weight is 439 g/mol. The second-order valence-electron chi connectivity index (χ2n) is 7.06. The van der Waals surface area contributed by atoms with Crippen LogP contribution in [0.4, 0.5) is 0 Å². The van der Waals surface area contributed by atoms with Crippen LogP contribution < -0.4 is 5.32 Å². The van der Waals surface area contributed by atoms with E-state index in [-0.39, 0.29) is 43.8 Å². The van der Waals surface area contributed by atoms with Gasteiger partial charge in [-0.25, -0.2) is 4.89 Å². The van der Waals surface area contributed by atoms with Crippen LogP contribution in [-0.4, -0.2) is 91.2 Å². The molecule has 0 aromatic carbocycles. The Hall–Kier alpha value is -0.970. The molecule has 0 spiro atoms. The van der Waals surface area contributed by atoms with Crippen molar-refractivity contribution >= 4 is 23.4 Å². The molecule has 2 amide bonds. The third-order valence-corrected chi connectivity index (χ3v) is 4.93. The quantitative estimate of drug-likeness (QED) is 0.135. The minimum atomic E-state index is -0.634. The van der Waals surface area contributed by atoms with Crippen molar-refractivity contribution in [2.24, 2.45) is 0 Å². The number of unbranched alkanes of at least 4 members (excludes halogenated alkanes) is 3. The molecule has 0 bridgehead atoms. The van der Waals surface area contributed by atoms with Gasteiger partial charge in [-0.1, -0.05) is 12.8 Å². The minimum absolute atomic E-state index is 0.0417. The number of hydrogen-bond donors (Lipinski definition) is 3. The van der Waals surface area contributed by atoms with Crippen LogP contribution in [0.3, 0.4) is 0 Å². The van der Waals surface area contributed by atoms with E-state index in [1.165, 1.54) is 4.90 Å². The molecule has 10 heteroatoms. The van der Waals surface area contributed by atoms with Crippen molar-refractivity contribution < 1.29 is 34.3 Å². The lowest BCUT2D eigenvalue weighted by atomic mass is 10.2. The fourth-order valence-electron chi connectivity index (χ4n) is 3.13. The summed E-state index contributed by atoms with van der Waals surface area (Å²) in [4.78, 5) is 29.6. The maximum atomic E-state index is 12.2. The largest absolute Gasteiger partial charge is 0.391 e. The molecule has 1 saturated heterocycles. The summed E-state index contributed by atoms with van der Waals surface area (Å²) in [7, 11) is 0. The zero-order valence-electron chi connectivity index (χ0n) is 17.0. The van der Waals surface area contributed by atoms with E-state index in [4.69, 9.17) is 26.3 Å². The third kappa shape index (κ3) is 12.3. The van der Waals surface area contributed by atoms with Gasteiger partial charge in [-0.05, 0) is 19.3 Å². The Labute approximate surface area is 177 Å². The van der Waals surface area contributed by atoms with Crippen LogP contribution in [0.15, 0.2) is 0 Å². The molecule has 1 aliphatic heterocycles. The molecule has 1 heterocycles. The van der Waals surface area contributed by atoms with Crippen molar-refractivity contribution in [1.82, 2.24) is 10.2 Å². The summed E-state index contributed by atoms with van der Waals surface area (Å²) in [6.45, 7) is 2.61. The van der Waals surface area contributed by atoms with Crippen molar-refractivity contribution in [2.75, 3.05) is 52.0 Å². The highest BCUT2D eigenvalue weighted by Gasteiger charge is 2.34. The van der Waals surface area contributed by atoms with Crippen molar-refractivity contribution in [3.05, 3.63) is 0 Å². The van der Waals surface area contributed by atoms with Gasteiger partial charge in [0.25, 0.3) is 0 Å². The topological polar surface area (TPSA) is 118 Å². The number of nitrogens with one attached hydrogen (secondary N) is 1. The molecule has 9 nitrogen and oxygen atoms in total. The van der Waals surface area contributed by atoms with E-state index in [1.54, 1.807) is 0 Å². The Balaban J connectivity index is 1.97. The van der Waals surface area contributed by atoms with Crippen LogP contribution in [0, 0.1) is 0 Å². The highest BCUT2D eigenvalue weighted by molar-refractivity contribution is 6.17. The number of carbonyl (C=O) groups excluding carboxylic acids is 2. The number of aliphatic hydroxyl groups is 1. The van der Waals surface area contributed by atoms with Gasteiger partial charge in [0, 0.05) is 38.4 Å². The molecule has 1 unspecified atom stereocenters. The van der Waals surface area contributed by atoms with Gasteiger partial charge in [-0.15, -0.1) is 11.6 Å². The number of nitrogens with zero attached hydrogens (tertiary/aromatic N) is 1. The zero-order valence-corrected chi connectivity index (χ0v) is 17.8. The van der Waals surface area contributed by atoms with Crippen LogP contribution in [0.25, 0.3) is 0 Å². The number of likely N-dealkylation sites (tertiary alicyclic amines) is 1. The molecule has 2 atom stereocenters. The normalized spacial score (nSPS) is 18.9. The molecule has 1 fully saturated rings. The monoisotopic (exact) mass is 438 g/mol. The van der Waals surface area contributed by atoms with Crippen molar-refractivity contribution in [2.45, 2.75) is 57.1 Å². The Kier molecular flexibility index (Phi) is 15.1. The van der Waals surface area contributed by atoms with Gasteiger partial charge < -0.3 is 24.8 Å². The zero-order chi connectivity index (χ0) is 21.3. The SMILES string of the molecule is O=C(CCC(=O)N1CC(O)C[C@H]1COO)NCCOCCOCCCCCCCl. The summed E-state index contributed by atoms with van der Waals surface area (Å²) in [5.41, 5.74) is 0. The van der Waals surface area contributed by atoms with Crippen molar-refractivity contribution in [3.8, 4) is 0 Å². The molecule has 29 heavy (non-hydrogen) atoms. The summed E-state index contributed by atoms with van der Waals surface area (Å²) in [5.74, 6) is 0.240. The lowest BCUT2D eigenvalue weighted by molar-refractivity contribution is -0.250. The summed E-state index contributed by atoms with van der Waals surface area (Å²) < 4.78 is 10.8. The molecule has 1 aliphatic rings. The molecule has 1 rings (SSSR count). The van der Waals surface area contributed by atoms with Gasteiger partial charge in [0.15, 0.2) is 0 Å². The Morgan fingerprint density at radius 3 is 2.48 bits per heavy atom. The Bertz CT molecular complexity index is 456. The van der Waals surface area contributed by atoms with E-state index in [0.717, 1.165) is 32.3 Å². The van der Waals surface area contributed by atoms with Crippen molar-refractivity contribution in [1.29, 1.82) is 0 Å². The number of amides is 2. The first-order valence-corrected chi connectivity index (χ1v) is 10.8. The summed E-state index contributed by atoms with van der Waals surface area (Å²) in [6.07, 6.45) is 4.15. The molecule has 0 radical (unpaired) electrons. The van der Waals surface area contributed by atoms with E-state index in [0.29, 0.717) is 38.7 Å². The second-order valence-corrected chi connectivity index (χ2v) is 7.44. The minimum Gasteiger partial charge on any atom is -0.391 e. The fraction of sp³-hybridized carbons (Fsp3) is 0.895. The van der Waals surface area contributed by atoms with Gasteiger partial charge in [0.05, 0.1) is 32.0 Å². The van der Waals surface area contributed by atoms with E-state index in [2.05, 4.69) is 10.2 Å². The van der Waals surface area contributed by atoms with Gasteiger partial charge in [0.1, 0.15) is 6.61 Å². The van der Waals surface area contributed by atoms with Crippen LogP contribution >= 0.6 is 11.6 Å². The Morgan fingerprint density at radius 2 is 1.76 bits per heavy atom. The summed E-state index contributed by atoms with van der Waals surface area (Å²) in [6, 6.07) is -0.369. The molecule has 0 aromatic heterocycles. The van der Waals surface area contributed by atoms with E-state index in [1.807, 2.05) is 0 Å². The van der Waals surface area contributed by atoms with Crippen LogP contribution in [-0.2, 0) is 24.0 Å². The van der Waals surface area contributed by atoms with Gasteiger partial charge in [-0.3, -0.25) is 14.8 Å². The maximum absolute atomic E-state index is 12.2. The predicted octanol–water partition coefficient (Wildman–Crippen LogP) is 1.17. The number of carbonyl (C=O) groups is 2. The molecule has 3 N–H and O–H groups in total. The van der Waals surface area contributed by atoms with Crippen molar-refractivity contribution in [3.63, 3.8) is 0 Å². The number of alkyl halides is 1. The lowest BCUT2D eigenvalue weighted by Crippen LogP contribution is -2.39.